The third-order valence-electron chi connectivity index (χ3n) is 1.25. The molecule has 0 radical (unpaired) electrons. The minimum absolute atomic E-state index is 0.252. The van der Waals surface area contributed by atoms with E-state index in [1.807, 2.05) is 0 Å². The molecule has 13 heavy (non-hydrogen) atoms. The fourth-order valence-electron chi connectivity index (χ4n) is 0.683. The average molecular weight is 284 g/mol. The van der Waals surface area contributed by atoms with Crippen LogP contribution in [0.15, 0.2) is 24.3 Å². The van der Waals surface area contributed by atoms with Gasteiger partial charge in [0.1, 0.15) is 0 Å². The fraction of sp³-hybridized carbons (Fsp3) is 0.125. The number of halogens is 2. The zero-order valence-corrected chi connectivity index (χ0v) is 9.63. The van der Waals surface area contributed by atoms with Gasteiger partial charge in [-0.2, -0.15) is 0 Å². The standard InChI is InChI=1S/C8H6Cl2O2Se/c9-5-1-3-6(4-2-5)13-7(10)8(11)12/h1-4,7H,(H,11,12). The molecular formula is C8H6Cl2O2Se. The van der Waals surface area contributed by atoms with E-state index in [4.69, 9.17) is 28.3 Å². The van der Waals surface area contributed by atoms with E-state index in [0.29, 0.717) is 5.02 Å². The molecule has 1 rings (SSSR count). The molecule has 1 N–H and O–H groups in total. The third kappa shape index (κ3) is 3.57. The van der Waals surface area contributed by atoms with E-state index in [9.17, 15) is 4.79 Å². The van der Waals surface area contributed by atoms with Crippen LogP contribution in [0.1, 0.15) is 0 Å². The molecule has 0 aliphatic carbocycles. The minimum atomic E-state index is -0.975. The molecule has 1 aromatic rings. The number of hydrogen-bond acceptors (Lipinski definition) is 1. The number of carboxylic acid groups (broad SMARTS) is 1. The van der Waals surface area contributed by atoms with Gasteiger partial charge < -0.3 is 0 Å². The SMILES string of the molecule is O=C(O)C(Cl)[Se]c1ccc(Cl)cc1. The molecule has 1 aromatic carbocycles. The molecule has 0 amide bonds. The van der Waals surface area contributed by atoms with Crippen LogP contribution < -0.4 is 4.46 Å². The van der Waals surface area contributed by atoms with Gasteiger partial charge in [-0.1, -0.05) is 0 Å². The number of hydrogen-bond donors (Lipinski definition) is 1. The number of benzene rings is 1. The van der Waals surface area contributed by atoms with Gasteiger partial charge in [-0.25, -0.2) is 0 Å². The quantitative estimate of drug-likeness (QED) is 0.671. The molecule has 0 aromatic heterocycles. The first-order valence-corrected chi connectivity index (χ1v) is 6.04. The van der Waals surface area contributed by atoms with Gasteiger partial charge in [-0.15, -0.1) is 0 Å². The van der Waals surface area contributed by atoms with Crippen LogP contribution in [-0.4, -0.2) is 30.3 Å². The van der Waals surface area contributed by atoms with Crippen LogP contribution in [-0.2, 0) is 4.79 Å². The number of alkyl halides is 1. The fourth-order valence-corrected chi connectivity index (χ4v) is 2.67. The molecule has 0 aliphatic heterocycles. The number of aliphatic carboxylic acids is 1. The van der Waals surface area contributed by atoms with Gasteiger partial charge in [0.2, 0.25) is 0 Å². The Bertz CT molecular complexity index is 300. The summed E-state index contributed by atoms with van der Waals surface area (Å²) in [4.78, 5) is 10.4. The molecule has 2 nitrogen and oxygen atoms in total. The summed E-state index contributed by atoms with van der Waals surface area (Å²) in [6.45, 7) is 0. The molecule has 0 fully saturated rings. The van der Waals surface area contributed by atoms with Crippen molar-refractivity contribution >= 4 is 48.6 Å². The zero-order valence-electron chi connectivity index (χ0n) is 6.41. The summed E-state index contributed by atoms with van der Waals surface area (Å²) in [5.41, 5.74) is 0. The van der Waals surface area contributed by atoms with E-state index in [2.05, 4.69) is 0 Å². The molecule has 0 spiro atoms. The number of carbonyl (C=O) groups is 1. The van der Waals surface area contributed by atoms with Crippen molar-refractivity contribution in [1.82, 2.24) is 0 Å². The van der Waals surface area contributed by atoms with Crippen LogP contribution >= 0.6 is 23.2 Å². The summed E-state index contributed by atoms with van der Waals surface area (Å²) in [6, 6.07) is 7.04. The van der Waals surface area contributed by atoms with Crippen molar-refractivity contribution in [2.75, 3.05) is 0 Å². The van der Waals surface area contributed by atoms with Gasteiger partial charge in [-0.05, 0) is 0 Å². The van der Waals surface area contributed by atoms with E-state index in [0.717, 1.165) is 4.46 Å². The predicted octanol–water partition coefficient (Wildman–Crippen LogP) is 1.32. The number of carboxylic acids is 1. The Labute approximate surface area is 92.0 Å². The maximum atomic E-state index is 10.4. The molecule has 5 heteroatoms. The topological polar surface area (TPSA) is 37.3 Å². The monoisotopic (exact) mass is 284 g/mol. The van der Waals surface area contributed by atoms with Crippen LogP contribution in [0.5, 0.6) is 0 Å². The molecule has 0 bridgehead atoms. The Balaban J connectivity index is 2.64. The van der Waals surface area contributed by atoms with Crippen molar-refractivity contribution in [3.8, 4) is 0 Å². The van der Waals surface area contributed by atoms with Crippen LogP contribution in [0.2, 0.25) is 5.02 Å². The first-order chi connectivity index (χ1) is 6.09. The molecule has 70 valence electrons. The summed E-state index contributed by atoms with van der Waals surface area (Å²) >= 11 is 11.0. The summed E-state index contributed by atoms with van der Waals surface area (Å²) in [7, 11) is 0. The zero-order chi connectivity index (χ0) is 9.84. The Kier molecular flexibility index (Phi) is 4.07. The summed E-state index contributed by atoms with van der Waals surface area (Å²) in [5.74, 6) is -0.975. The molecule has 0 heterocycles. The molecule has 0 saturated heterocycles. The van der Waals surface area contributed by atoms with E-state index in [1.165, 1.54) is 0 Å². The Morgan fingerprint density at radius 2 is 1.92 bits per heavy atom. The van der Waals surface area contributed by atoms with Gasteiger partial charge in [0.15, 0.2) is 0 Å². The Morgan fingerprint density at radius 3 is 2.38 bits per heavy atom. The van der Waals surface area contributed by atoms with E-state index in [-0.39, 0.29) is 15.0 Å². The molecular weight excluding hydrogens is 278 g/mol. The van der Waals surface area contributed by atoms with Crippen LogP contribution in [0, 0.1) is 0 Å². The second kappa shape index (κ2) is 4.87. The first kappa shape index (κ1) is 10.9. The predicted molar refractivity (Wildman–Crippen MR) is 54.1 cm³/mol. The van der Waals surface area contributed by atoms with Gasteiger partial charge >= 0.3 is 92.1 Å². The van der Waals surface area contributed by atoms with Crippen LogP contribution in [0.4, 0.5) is 0 Å². The van der Waals surface area contributed by atoms with Gasteiger partial charge in [0.25, 0.3) is 0 Å². The maximum absolute atomic E-state index is 10.4. The Morgan fingerprint density at radius 1 is 1.38 bits per heavy atom. The normalized spacial score (nSPS) is 12.5. The van der Waals surface area contributed by atoms with Crippen molar-refractivity contribution in [3.63, 3.8) is 0 Å². The van der Waals surface area contributed by atoms with E-state index in [1.54, 1.807) is 24.3 Å². The summed E-state index contributed by atoms with van der Waals surface area (Å²) < 4.78 is 0.118. The second-order valence-corrected chi connectivity index (χ2v) is 6.16. The van der Waals surface area contributed by atoms with E-state index >= 15 is 0 Å². The third-order valence-corrected chi connectivity index (χ3v) is 4.15. The average Bonchev–Trinajstić information content (AvgIpc) is 2.08. The summed E-state index contributed by atoms with van der Waals surface area (Å²) in [5, 5.41) is 9.20. The number of rotatable bonds is 3. The summed E-state index contributed by atoms with van der Waals surface area (Å²) in [6.07, 6.45) is 0. The van der Waals surface area contributed by atoms with Crippen molar-refractivity contribution < 1.29 is 9.90 Å². The van der Waals surface area contributed by atoms with E-state index < -0.39 is 10.2 Å². The van der Waals surface area contributed by atoms with Gasteiger partial charge in [-0.3, -0.25) is 0 Å². The second-order valence-electron chi connectivity index (χ2n) is 2.23. The van der Waals surface area contributed by atoms with Crippen molar-refractivity contribution in [2.45, 2.75) is 4.28 Å². The molecule has 1 unspecified atom stereocenters. The van der Waals surface area contributed by atoms with Crippen molar-refractivity contribution in [1.29, 1.82) is 0 Å². The van der Waals surface area contributed by atoms with Gasteiger partial charge in [0.05, 0.1) is 0 Å². The first-order valence-electron chi connectivity index (χ1n) is 3.38. The van der Waals surface area contributed by atoms with Gasteiger partial charge in [0, 0.05) is 0 Å². The Hall–Kier alpha value is -0.211. The van der Waals surface area contributed by atoms with Crippen molar-refractivity contribution in [2.24, 2.45) is 0 Å². The molecule has 1 atom stereocenters. The molecule has 0 saturated carbocycles. The van der Waals surface area contributed by atoms with Crippen LogP contribution in [0.3, 0.4) is 0 Å². The van der Waals surface area contributed by atoms with Crippen molar-refractivity contribution in [3.05, 3.63) is 29.3 Å². The van der Waals surface area contributed by atoms with Crippen LogP contribution in [0.25, 0.3) is 0 Å². The molecule has 0 aliphatic rings.